The highest BCUT2D eigenvalue weighted by Crippen LogP contribution is 2.43. The van der Waals surface area contributed by atoms with E-state index in [4.69, 9.17) is 4.74 Å². The highest BCUT2D eigenvalue weighted by atomic mass is 16.5. The zero-order chi connectivity index (χ0) is 18.2. The van der Waals surface area contributed by atoms with Crippen molar-refractivity contribution in [2.45, 2.75) is 32.2 Å². The van der Waals surface area contributed by atoms with E-state index in [1.807, 2.05) is 24.4 Å². The standard InChI is InChI=1S/C19H28N6O/c1-20-18(23-15-19(6-3-7-19)8-12-26-2)22-14-16-5-10-21-17(13-16)25-11-4-9-24-25/h4-5,9-11,13H,3,6-8,12,14-15H2,1-2H3,(H2,20,22,23). The van der Waals surface area contributed by atoms with Gasteiger partial charge in [0.1, 0.15) is 0 Å². The van der Waals surface area contributed by atoms with Crippen molar-refractivity contribution in [3.8, 4) is 5.82 Å². The van der Waals surface area contributed by atoms with Crippen molar-refractivity contribution in [3.05, 3.63) is 42.4 Å². The van der Waals surface area contributed by atoms with Crippen molar-refractivity contribution in [2.24, 2.45) is 10.4 Å². The van der Waals surface area contributed by atoms with Crippen LogP contribution in [0, 0.1) is 5.41 Å². The largest absolute Gasteiger partial charge is 0.385 e. The Balaban J connectivity index is 1.52. The Hall–Kier alpha value is -2.41. The summed E-state index contributed by atoms with van der Waals surface area (Å²) in [6.07, 6.45) is 10.4. The molecular formula is C19H28N6O. The zero-order valence-electron chi connectivity index (χ0n) is 15.6. The van der Waals surface area contributed by atoms with Crippen LogP contribution in [0.2, 0.25) is 0 Å². The van der Waals surface area contributed by atoms with Crippen LogP contribution in [0.5, 0.6) is 0 Å². The minimum absolute atomic E-state index is 0.359. The number of pyridine rings is 1. The third-order valence-corrected chi connectivity index (χ3v) is 5.11. The van der Waals surface area contributed by atoms with Crippen LogP contribution in [-0.4, -0.2) is 48.0 Å². The van der Waals surface area contributed by atoms with Crippen LogP contribution in [-0.2, 0) is 11.3 Å². The average Bonchev–Trinajstić information content (AvgIpc) is 3.18. The van der Waals surface area contributed by atoms with Gasteiger partial charge in [0.15, 0.2) is 11.8 Å². The van der Waals surface area contributed by atoms with E-state index < -0.39 is 0 Å². The normalized spacial score (nSPS) is 16.2. The van der Waals surface area contributed by atoms with Gasteiger partial charge in [-0.05, 0) is 48.4 Å². The summed E-state index contributed by atoms with van der Waals surface area (Å²) >= 11 is 0. The van der Waals surface area contributed by atoms with Crippen LogP contribution in [0.4, 0.5) is 0 Å². The molecule has 0 atom stereocenters. The van der Waals surface area contributed by atoms with E-state index in [0.717, 1.165) is 36.9 Å². The predicted molar refractivity (Wildman–Crippen MR) is 102 cm³/mol. The highest BCUT2D eigenvalue weighted by Gasteiger charge is 2.36. The first-order valence-corrected chi connectivity index (χ1v) is 9.13. The van der Waals surface area contributed by atoms with Gasteiger partial charge in [-0.3, -0.25) is 4.99 Å². The summed E-state index contributed by atoms with van der Waals surface area (Å²) in [5, 5.41) is 11.1. The van der Waals surface area contributed by atoms with E-state index in [9.17, 15) is 0 Å². The van der Waals surface area contributed by atoms with Crippen LogP contribution in [0.3, 0.4) is 0 Å². The molecule has 26 heavy (non-hydrogen) atoms. The lowest BCUT2D eigenvalue weighted by Crippen LogP contribution is -2.46. The smallest absolute Gasteiger partial charge is 0.191 e. The van der Waals surface area contributed by atoms with Crippen LogP contribution < -0.4 is 10.6 Å². The molecule has 140 valence electrons. The Labute approximate surface area is 154 Å². The second-order valence-electron chi connectivity index (χ2n) is 6.85. The number of aliphatic imine (C=N–C) groups is 1. The molecule has 1 saturated carbocycles. The van der Waals surface area contributed by atoms with Crippen molar-refractivity contribution >= 4 is 5.96 Å². The molecule has 1 aliphatic rings. The molecule has 0 bridgehead atoms. The lowest BCUT2D eigenvalue weighted by Gasteiger charge is -2.42. The molecule has 2 N–H and O–H groups in total. The topological polar surface area (TPSA) is 76.4 Å². The number of aromatic nitrogens is 3. The third-order valence-electron chi connectivity index (χ3n) is 5.11. The molecule has 2 aromatic rings. The van der Waals surface area contributed by atoms with Gasteiger partial charge in [-0.1, -0.05) is 6.42 Å². The van der Waals surface area contributed by atoms with Gasteiger partial charge in [0.2, 0.25) is 0 Å². The summed E-state index contributed by atoms with van der Waals surface area (Å²) in [5.74, 6) is 1.64. The van der Waals surface area contributed by atoms with Crippen molar-refractivity contribution in [1.29, 1.82) is 0 Å². The molecule has 2 aromatic heterocycles. The van der Waals surface area contributed by atoms with Crippen molar-refractivity contribution in [1.82, 2.24) is 25.4 Å². The van der Waals surface area contributed by atoms with Crippen molar-refractivity contribution < 1.29 is 4.74 Å². The van der Waals surface area contributed by atoms with E-state index in [2.05, 4.69) is 25.7 Å². The molecule has 0 amide bonds. The molecule has 1 fully saturated rings. The minimum atomic E-state index is 0.359. The van der Waals surface area contributed by atoms with Gasteiger partial charge in [0, 0.05) is 52.4 Å². The maximum Gasteiger partial charge on any atom is 0.191 e. The van der Waals surface area contributed by atoms with Crippen molar-refractivity contribution in [2.75, 3.05) is 27.3 Å². The summed E-state index contributed by atoms with van der Waals surface area (Å²) in [6, 6.07) is 5.91. The van der Waals surface area contributed by atoms with E-state index in [1.165, 1.54) is 19.3 Å². The molecule has 0 aliphatic heterocycles. The van der Waals surface area contributed by atoms with E-state index in [0.29, 0.717) is 12.0 Å². The molecule has 7 nitrogen and oxygen atoms in total. The Morgan fingerprint density at radius 3 is 2.88 bits per heavy atom. The molecule has 0 aromatic carbocycles. The van der Waals surface area contributed by atoms with Gasteiger partial charge in [-0.15, -0.1) is 0 Å². The van der Waals surface area contributed by atoms with Gasteiger partial charge in [0.25, 0.3) is 0 Å². The first-order valence-electron chi connectivity index (χ1n) is 9.13. The predicted octanol–water partition coefficient (Wildman–Crippen LogP) is 2.14. The fourth-order valence-corrected chi connectivity index (χ4v) is 3.29. The number of ether oxygens (including phenoxy) is 1. The van der Waals surface area contributed by atoms with Crippen LogP contribution >= 0.6 is 0 Å². The molecular weight excluding hydrogens is 328 g/mol. The number of hydrogen-bond acceptors (Lipinski definition) is 4. The zero-order valence-corrected chi connectivity index (χ0v) is 15.6. The van der Waals surface area contributed by atoms with Gasteiger partial charge < -0.3 is 15.4 Å². The van der Waals surface area contributed by atoms with Gasteiger partial charge >= 0.3 is 0 Å². The fraction of sp³-hybridized carbons (Fsp3) is 0.526. The highest BCUT2D eigenvalue weighted by molar-refractivity contribution is 5.79. The van der Waals surface area contributed by atoms with Gasteiger partial charge in [-0.2, -0.15) is 5.10 Å². The Kier molecular flexibility index (Phi) is 6.22. The fourth-order valence-electron chi connectivity index (χ4n) is 3.29. The van der Waals surface area contributed by atoms with Gasteiger partial charge in [-0.25, -0.2) is 9.67 Å². The number of nitrogens with zero attached hydrogens (tertiary/aromatic N) is 4. The first kappa shape index (κ1) is 18.4. The van der Waals surface area contributed by atoms with Gasteiger partial charge in [0.05, 0.1) is 0 Å². The van der Waals surface area contributed by atoms with E-state index in [-0.39, 0.29) is 0 Å². The van der Waals surface area contributed by atoms with E-state index in [1.54, 1.807) is 31.2 Å². The lowest BCUT2D eigenvalue weighted by molar-refractivity contribution is 0.0732. The monoisotopic (exact) mass is 356 g/mol. The molecule has 3 rings (SSSR count). The third kappa shape index (κ3) is 4.60. The second kappa shape index (κ2) is 8.80. The summed E-state index contributed by atoms with van der Waals surface area (Å²) in [7, 11) is 3.58. The summed E-state index contributed by atoms with van der Waals surface area (Å²) in [4.78, 5) is 8.71. The number of guanidine groups is 1. The van der Waals surface area contributed by atoms with Crippen LogP contribution in [0.25, 0.3) is 5.82 Å². The number of rotatable bonds is 8. The minimum Gasteiger partial charge on any atom is -0.385 e. The Morgan fingerprint density at radius 1 is 1.35 bits per heavy atom. The average molecular weight is 356 g/mol. The summed E-state index contributed by atoms with van der Waals surface area (Å²) < 4.78 is 7.02. The number of hydrogen-bond donors (Lipinski definition) is 2. The van der Waals surface area contributed by atoms with E-state index >= 15 is 0 Å². The number of nitrogens with one attached hydrogen (secondary N) is 2. The molecule has 1 aliphatic carbocycles. The molecule has 0 unspecified atom stereocenters. The Bertz CT molecular complexity index is 709. The summed E-state index contributed by atoms with van der Waals surface area (Å²) in [5.41, 5.74) is 1.49. The second-order valence-corrected chi connectivity index (χ2v) is 6.85. The molecule has 0 radical (unpaired) electrons. The molecule has 0 saturated heterocycles. The SMILES string of the molecule is CN=C(NCc1ccnc(-n2cccn2)c1)NCC1(CCOC)CCC1. The quantitative estimate of drug-likeness (QED) is 0.560. The van der Waals surface area contributed by atoms with Crippen LogP contribution in [0.15, 0.2) is 41.8 Å². The molecule has 2 heterocycles. The number of methoxy groups -OCH3 is 1. The molecule has 7 heteroatoms. The first-order chi connectivity index (χ1) is 12.7. The molecule has 0 spiro atoms. The maximum absolute atomic E-state index is 5.27. The lowest BCUT2D eigenvalue weighted by atomic mass is 9.67. The van der Waals surface area contributed by atoms with Crippen molar-refractivity contribution in [3.63, 3.8) is 0 Å². The summed E-state index contributed by atoms with van der Waals surface area (Å²) in [6.45, 7) is 2.44. The Morgan fingerprint density at radius 2 is 2.23 bits per heavy atom. The van der Waals surface area contributed by atoms with Crippen LogP contribution in [0.1, 0.15) is 31.2 Å². The maximum atomic E-state index is 5.27.